The molecule has 0 radical (unpaired) electrons. The lowest BCUT2D eigenvalue weighted by Crippen LogP contribution is -2.61. The molecule has 1 aliphatic heterocycles. The van der Waals surface area contributed by atoms with E-state index in [4.69, 9.17) is 14.2 Å². The Labute approximate surface area is 483 Å². The first-order valence-electron chi connectivity index (χ1n) is 32.4. The molecule has 8 atom stereocenters. The number of amides is 1. The zero-order valence-corrected chi connectivity index (χ0v) is 50.5. The third kappa shape index (κ3) is 43.2. The van der Waals surface area contributed by atoms with Crippen LogP contribution < -0.4 is 5.32 Å². The van der Waals surface area contributed by atoms with Crippen molar-refractivity contribution < 1.29 is 49.3 Å². The second-order valence-corrected chi connectivity index (χ2v) is 22.1. The van der Waals surface area contributed by atoms with Crippen LogP contribution in [0.4, 0.5) is 0 Å². The fourth-order valence-corrected chi connectivity index (χ4v) is 9.61. The van der Waals surface area contributed by atoms with Crippen LogP contribution in [0.2, 0.25) is 0 Å². The van der Waals surface area contributed by atoms with E-state index in [-0.39, 0.29) is 19.4 Å². The highest BCUT2D eigenvalue weighted by molar-refractivity contribution is 5.80. The third-order valence-corrected chi connectivity index (χ3v) is 14.8. The van der Waals surface area contributed by atoms with Gasteiger partial charge < -0.3 is 45.1 Å². The van der Waals surface area contributed by atoms with Gasteiger partial charge in [0.05, 0.1) is 25.4 Å². The van der Waals surface area contributed by atoms with E-state index in [1.807, 2.05) is 6.08 Å². The number of nitrogens with one attached hydrogen (secondary N) is 1. The van der Waals surface area contributed by atoms with E-state index in [0.29, 0.717) is 12.8 Å². The lowest BCUT2D eigenvalue weighted by atomic mass is 9.99. The molecule has 79 heavy (non-hydrogen) atoms. The molecule has 0 aromatic rings. The van der Waals surface area contributed by atoms with E-state index in [9.17, 15) is 35.1 Å². The number of allylic oxidation sites excluding steroid dienone is 13. The number of ether oxygens (including phenoxy) is 3. The van der Waals surface area contributed by atoms with Crippen molar-refractivity contribution >= 4 is 11.9 Å². The summed E-state index contributed by atoms with van der Waals surface area (Å²) in [6, 6.07) is -1.04. The molecule has 0 spiro atoms. The number of hydrogen-bond donors (Lipinski definition) is 6. The molecule has 8 unspecified atom stereocenters. The van der Waals surface area contributed by atoms with Crippen LogP contribution in [0.3, 0.4) is 0 Å². The van der Waals surface area contributed by atoms with Crippen molar-refractivity contribution in [3.05, 3.63) is 85.1 Å². The van der Waals surface area contributed by atoms with E-state index in [1.54, 1.807) is 6.08 Å². The number of hydrogen-bond acceptors (Lipinski definition) is 10. The van der Waals surface area contributed by atoms with Crippen molar-refractivity contribution in [2.75, 3.05) is 13.2 Å². The van der Waals surface area contributed by atoms with Gasteiger partial charge in [0, 0.05) is 6.42 Å². The number of aliphatic hydroxyl groups is 5. The highest BCUT2D eigenvalue weighted by atomic mass is 16.7. The number of rotatable bonds is 54. The first kappa shape index (κ1) is 73.9. The molecular weight excluding hydrogens is 991 g/mol. The van der Waals surface area contributed by atoms with Crippen LogP contribution >= 0.6 is 0 Å². The fraction of sp³-hybridized carbons (Fsp3) is 0.765. The number of aliphatic hydroxyl groups excluding tert-OH is 5. The zero-order valence-electron chi connectivity index (χ0n) is 50.5. The van der Waals surface area contributed by atoms with Crippen LogP contribution in [-0.2, 0) is 23.8 Å². The molecule has 0 bridgehead atoms. The Bertz CT molecular complexity index is 1610. The van der Waals surface area contributed by atoms with Gasteiger partial charge in [0.2, 0.25) is 5.91 Å². The summed E-state index contributed by atoms with van der Waals surface area (Å²) in [6.45, 7) is 5.72. The number of unbranched alkanes of at least 4 members (excludes halogenated alkanes) is 28. The summed E-state index contributed by atoms with van der Waals surface area (Å²) in [6.07, 6.45) is 61.8. The monoisotopic (exact) mass is 1110 g/mol. The van der Waals surface area contributed by atoms with E-state index in [1.165, 1.54) is 122 Å². The Morgan fingerprint density at radius 3 is 1.33 bits per heavy atom. The Morgan fingerprint density at radius 1 is 0.494 bits per heavy atom. The van der Waals surface area contributed by atoms with Crippen molar-refractivity contribution in [2.45, 2.75) is 320 Å². The van der Waals surface area contributed by atoms with Gasteiger partial charge in [0.1, 0.15) is 24.4 Å². The molecule has 11 heteroatoms. The topological polar surface area (TPSA) is 175 Å². The van der Waals surface area contributed by atoms with Gasteiger partial charge in [-0.15, -0.1) is 0 Å². The molecule has 1 fully saturated rings. The quantitative estimate of drug-likeness (QED) is 0.0195. The smallest absolute Gasteiger partial charge is 0.306 e. The summed E-state index contributed by atoms with van der Waals surface area (Å²) in [5.74, 6) is -1.23. The Balaban J connectivity index is 2.68. The number of carbonyl (C=O) groups is 2. The van der Waals surface area contributed by atoms with Crippen molar-refractivity contribution in [1.82, 2.24) is 5.32 Å². The van der Waals surface area contributed by atoms with E-state index < -0.39 is 67.4 Å². The van der Waals surface area contributed by atoms with E-state index >= 15 is 0 Å². The third-order valence-electron chi connectivity index (χ3n) is 14.8. The van der Waals surface area contributed by atoms with Crippen molar-refractivity contribution in [2.24, 2.45) is 0 Å². The molecule has 1 heterocycles. The van der Waals surface area contributed by atoms with Gasteiger partial charge >= 0.3 is 5.97 Å². The lowest BCUT2D eigenvalue weighted by Gasteiger charge is -2.41. The number of esters is 1. The summed E-state index contributed by atoms with van der Waals surface area (Å²) in [5.41, 5.74) is 0. The van der Waals surface area contributed by atoms with Gasteiger partial charge in [0.15, 0.2) is 12.4 Å². The van der Waals surface area contributed by atoms with Gasteiger partial charge in [-0.2, -0.15) is 0 Å². The summed E-state index contributed by atoms with van der Waals surface area (Å²) in [4.78, 5) is 26.6. The van der Waals surface area contributed by atoms with Crippen LogP contribution in [0.15, 0.2) is 85.1 Å². The van der Waals surface area contributed by atoms with E-state index in [2.05, 4.69) is 99.0 Å². The van der Waals surface area contributed by atoms with Gasteiger partial charge in [-0.05, 0) is 103 Å². The van der Waals surface area contributed by atoms with Crippen LogP contribution in [-0.4, -0.2) is 99.6 Å². The van der Waals surface area contributed by atoms with Crippen molar-refractivity contribution in [3.8, 4) is 0 Å². The van der Waals surface area contributed by atoms with Crippen molar-refractivity contribution in [3.63, 3.8) is 0 Å². The minimum atomic E-state index is -1.63. The van der Waals surface area contributed by atoms with Gasteiger partial charge in [-0.3, -0.25) is 9.59 Å². The average Bonchev–Trinajstić information content (AvgIpc) is 3.49. The molecule has 0 aliphatic carbocycles. The summed E-state index contributed by atoms with van der Waals surface area (Å²) >= 11 is 0. The lowest BCUT2D eigenvalue weighted by molar-refractivity contribution is -0.305. The largest absolute Gasteiger partial charge is 0.454 e. The normalized spacial score (nSPS) is 19.4. The molecule has 11 nitrogen and oxygen atoms in total. The predicted molar refractivity (Wildman–Crippen MR) is 329 cm³/mol. The van der Waals surface area contributed by atoms with Crippen LogP contribution in [0, 0.1) is 0 Å². The molecule has 1 amide bonds. The molecule has 0 saturated carbocycles. The molecule has 1 aliphatic rings. The average molecular weight is 1110 g/mol. The molecule has 456 valence electrons. The second kappa shape index (κ2) is 55.4. The first-order valence-corrected chi connectivity index (χ1v) is 32.4. The molecular formula is C68H119NO10. The maximum atomic E-state index is 13.4. The van der Waals surface area contributed by atoms with Crippen molar-refractivity contribution in [1.29, 1.82) is 0 Å². The van der Waals surface area contributed by atoms with Crippen LogP contribution in [0.1, 0.15) is 271 Å². The molecule has 0 aromatic heterocycles. The van der Waals surface area contributed by atoms with Crippen LogP contribution in [0.5, 0.6) is 0 Å². The van der Waals surface area contributed by atoms with Crippen LogP contribution in [0.25, 0.3) is 0 Å². The summed E-state index contributed by atoms with van der Waals surface area (Å²) in [7, 11) is 0. The molecule has 1 rings (SSSR count). The van der Waals surface area contributed by atoms with E-state index in [0.717, 1.165) is 103 Å². The standard InChI is InChI=1S/C68H119NO10/c1-4-7-10-13-16-19-22-25-27-29-30-31-32-33-35-38-41-44-47-50-53-56-63(73)79-66-65(75)64(74)62(57-70)78-68(66)77-58-59(60(71)54-51-48-45-42-39-36-24-21-18-15-12-9-6-3)69-67(76)61(72)55-52-49-46-43-40-37-34-28-26-23-20-17-14-11-8-5-2/h16-17,19-20,25-28,30-31,37,40,51,54,59-62,64-66,68,70-72,74-75H,4-15,18,21-24,29,32-36,38-39,41-50,52-53,55-58H2,1-3H3,(H,69,76)/b19-16-,20-17-,27-25-,28-26-,31-30-,40-37-,54-51+. The minimum Gasteiger partial charge on any atom is -0.454 e. The highest BCUT2D eigenvalue weighted by Crippen LogP contribution is 2.26. The number of carbonyl (C=O) groups excluding carboxylic acids is 2. The molecule has 1 saturated heterocycles. The Kier molecular flexibility index (Phi) is 51.8. The highest BCUT2D eigenvalue weighted by Gasteiger charge is 2.47. The van der Waals surface area contributed by atoms with Gasteiger partial charge in [-0.25, -0.2) is 0 Å². The second-order valence-electron chi connectivity index (χ2n) is 22.1. The molecule has 6 N–H and O–H groups in total. The fourth-order valence-electron chi connectivity index (χ4n) is 9.61. The molecule has 0 aromatic carbocycles. The summed E-state index contributed by atoms with van der Waals surface area (Å²) in [5, 5.41) is 57.0. The van der Waals surface area contributed by atoms with Gasteiger partial charge in [0.25, 0.3) is 0 Å². The maximum absolute atomic E-state index is 13.4. The Hall–Kier alpha value is -3.16. The Morgan fingerprint density at radius 2 is 0.873 bits per heavy atom. The van der Waals surface area contributed by atoms with Gasteiger partial charge in [-0.1, -0.05) is 247 Å². The SMILES string of the molecule is CCCCC/C=C\C/C=C\C/C=C\CCCCCCCCCCC(=O)OC1C(OCC(NC(=O)C(O)CCCCC/C=C\C/C=C\C/C=C\CCCCC)C(O)/C=C/CCCCCCCCCCCCC)OC(CO)C(O)C1O. The zero-order chi connectivity index (χ0) is 57.5. The summed E-state index contributed by atoms with van der Waals surface area (Å²) < 4.78 is 17.6. The first-order chi connectivity index (χ1) is 38.7. The minimum absolute atomic E-state index is 0.109. The maximum Gasteiger partial charge on any atom is 0.306 e. The predicted octanol–water partition coefficient (Wildman–Crippen LogP) is 15.7.